The Kier molecular flexibility index (Phi) is 2.71. The molecule has 0 unspecified atom stereocenters. The standard InChI is InChI=1S/C6H8N3O/c7-5-8-6-9-1-3-10-4-2-9/h1-4H2. The summed E-state index contributed by atoms with van der Waals surface area (Å²) in [6.07, 6.45) is 4.23. The third-order valence-corrected chi connectivity index (χ3v) is 1.25. The summed E-state index contributed by atoms with van der Waals surface area (Å²) in [7, 11) is 0. The quantitative estimate of drug-likeness (QED) is 0.284. The molecule has 1 fully saturated rings. The van der Waals surface area contributed by atoms with Gasteiger partial charge in [0.1, 0.15) is 0 Å². The first-order valence-electron chi connectivity index (χ1n) is 3.10. The van der Waals surface area contributed by atoms with Crippen LogP contribution in [0.4, 0.5) is 0 Å². The molecule has 4 nitrogen and oxygen atoms in total. The molecule has 1 aliphatic heterocycles. The summed E-state index contributed by atoms with van der Waals surface area (Å²) >= 11 is 0. The van der Waals surface area contributed by atoms with Gasteiger partial charge in [-0.05, 0) is 0 Å². The minimum Gasteiger partial charge on any atom is -0.378 e. The van der Waals surface area contributed by atoms with E-state index in [1.165, 1.54) is 0 Å². The fourth-order valence-electron chi connectivity index (χ4n) is 0.756. The van der Waals surface area contributed by atoms with Crippen LogP contribution in [0.3, 0.4) is 0 Å². The van der Waals surface area contributed by atoms with Crippen molar-refractivity contribution in [1.29, 1.82) is 5.26 Å². The topological polar surface area (TPSA) is 48.6 Å². The van der Waals surface area contributed by atoms with Crippen LogP contribution in [0.2, 0.25) is 0 Å². The Morgan fingerprint density at radius 2 is 2.10 bits per heavy atom. The predicted molar refractivity (Wildman–Crippen MR) is 35.4 cm³/mol. The molecule has 1 radical (unpaired) electrons. The monoisotopic (exact) mass is 138 g/mol. The second-order valence-electron chi connectivity index (χ2n) is 1.91. The van der Waals surface area contributed by atoms with Crippen LogP contribution in [0, 0.1) is 11.5 Å². The van der Waals surface area contributed by atoms with E-state index < -0.39 is 0 Å². The molecule has 0 atom stereocenters. The highest BCUT2D eigenvalue weighted by molar-refractivity contribution is 5.56. The largest absolute Gasteiger partial charge is 0.378 e. The van der Waals surface area contributed by atoms with Gasteiger partial charge in [0.2, 0.25) is 6.19 Å². The highest BCUT2D eigenvalue weighted by atomic mass is 16.5. The van der Waals surface area contributed by atoms with Crippen molar-refractivity contribution in [3.63, 3.8) is 0 Å². The van der Waals surface area contributed by atoms with E-state index in [0.717, 1.165) is 13.1 Å². The molecule has 0 aliphatic carbocycles. The van der Waals surface area contributed by atoms with Gasteiger partial charge >= 0.3 is 0 Å². The van der Waals surface area contributed by atoms with Gasteiger partial charge in [0, 0.05) is 13.1 Å². The van der Waals surface area contributed by atoms with E-state index in [0.29, 0.717) is 13.2 Å². The lowest BCUT2D eigenvalue weighted by Crippen LogP contribution is -2.34. The SMILES string of the molecule is N#C/N=[C]\N1CCOCC1. The number of hydrogen-bond acceptors (Lipinski definition) is 3. The molecule has 1 saturated heterocycles. The number of nitriles is 1. The fraction of sp³-hybridized carbons (Fsp3) is 0.667. The van der Waals surface area contributed by atoms with Crippen molar-refractivity contribution in [2.45, 2.75) is 0 Å². The van der Waals surface area contributed by atoms with Crippen LogP contribution < -0.4 is 0 Å². The number of nitrogens with zero attached hydrogens (tertiary/aromatic N) is 3. The van der Waals surface area contributed by atoms with Crippen molar-refractivity contribution < 1.29 is 4.74 Å². The van der Waals surface area contributed by atoms with E-state index in [1.807, 2.05) is 4.90 Å². The highest BCUT2D eigenvalue weighted by Gasteiger charge is 2.05. The highest BCUT2D eigenvalue weighted by Crippen LogP contribution is 1.91. The molecule has 0 aromatic carbocycles. The maximum atomic E-state index is 8.06. The summed E-state index contributed by atoms with van der Waals surface area (Å²) in [4.78, 5) is 5.16. The zero-order valence-electron chi connectivity index (χ0n) is 5.58. The Balaban J connectivity index is 2.27. The van der Waals surface area contributed by atoms with Gasteiger partial charge in [-0.1, -0.05) is 0 Å². The van der Waals surface area contributed by atoms with Crippen molar-refractivity contribution in [3.8, 4) is 6.19 Å². The molecule has 1 rings (SSSR count). The van der Waals surface area contributed by atoms with E-state index in [1.54, 1.807) is 6.19 Å². The van der Waals surface area contributed by atoms with E-state index in [2.05, 4.69) is 11.3 Å². The minimum absolute atomic E-state index is 0.702. The lowest BCUT2D eigenvalue weighted by atomic mass is 10.5. The van der Waals surface area contributed by atoms with Crippen LogP contribution in [0.15, 0.2) is 4.99 Å². The van der Waals surface area contributed by atoms with Gasteiger partial charge in [0.15, 0.2) is 6.34 Å². The zero-order valence-corrected chi connectivity index (χ0v) is 5.58. The van der Waals surface area contributed by atoms with Crippen LogP contribution in [0.25, 0.3) is 0 Å². The molecule has 4 heteroatoms. The number of hydrogen-bond donors (Lipinski definition) is 0. The molecular formula is C6H8N3O. The van der Waals surface area contributed by atoms with Crippen molar-refractivity contribution in [1.82, 2.24) is 4.90 Å². The Labute approximate surface area is 59.7 Å². The first-order chi connectivity index (χ1) is 4.93. The first-order valence-corrected chi connectivity index (χ1v) is 3.10. The molecule has 1 heterocycles. The lowest BCUT2D eigenvalue weighted by molar-refractivity contribution is 0.0701. The Morgan fingerprint density at radius 3 is 2.70 bits per heavy atom. The van der Waals surface area contributed by atoms with E-state index in [-0.39, 0.29) is 0 Å². The van der Waals surface area contributed by atoms with Crippen LogP contribution in [-0.4, -0.2) is 37.5 Å². The predicted octanol–water partition coefficient (Wildman–Crippen LogP) is -0.295. The first kappa shape index (κ1) is 7.03. The van der Waals surface area contributed by atoms with Crippen molar-refractivity contribution in [3.05, 3.63) is 0 Å². The summed E-state index contributed by atoms with van der Waals surface area (Å²) in [5.41, 5.74) is 0. The minimum atomic E-state index is 0.702. The molecular weight excluding hydrogens is 130 g/mol. The summed E-state index contributed by atoms with van der Waals surface area (Å²) in [5, 5.41) is 8.06. The second-order valence-corrected chi connectivity index (χ2v) is 1.91. The van der Waals surface area contributed by atoms with E-state index >= 15 is 0 Å². The molecule has 1 aliphatic rings. The Hall–Kier alpha value is -1.08. The van der Waals surface area contributed by atoms with Gasteiger partial charge in [0.25, 0.3) is 0 Å². The van der Waals surface area contributed by atoms with E-state index in [4.69, 9.17) is 10.00 Å². The third-order valence-electron chi connectivity index (χ3n) is 1.25. The average molecular weight is 138 g/mol. The number of morpholine rings is 1. The van der Waals surface area contributed by atoms with E-state index in [9.17, 15) is 0 Å². The van der Waals surface area contributed by atoms with Crippen molar-refractivity contribution >= 4 is 6.34 Å². The molecule has 10 heavy (non-hydrogen) atoms. The molecule has 0 N–H and O–H groups in total. The van der Waals surface area contributed by atoms with Gasteiger partial charge in [0.05, 0.1) is 13.2 Å². The Morgan fingerprint density at radius 1 is 1.40 bits per heavy atom. The number of ether oxygens (including phenoxy) is 1. The maximum Gasteiger partial charge on any atom is 0.207 e. The van der Waals surface area contributed by atoms with Crippen molar-refractivity contribution in [2.24, 2.45) is 4.99 Å². The molecule has 0 bridgehead atoms. The van der Waals surface area contributed by atoms with Gasteiger partial charge in [-0.25, -0.2) is 0 Å². The number of aliphatic imine (C=N–C) groups is 1. The third kappa shape index (κ3) is 2.03. The van der Waals surface area contributed by atoms with Crippen molar-refractivity contribution in [2.75, 3.05) is 26.3 Å². The van der Waals surface area contributed by atoms with Gasteiger partial charge < -0.3 is 9.64 Å². The van der Waals surface area contributed by atoms with Crippen LogP contribution >= 0.6 is 0 Å². The second kappa shape index (κ2) is 3.85. The van der Waals surface area contributed by atoms with Gasteiger partial charge in [-0.2, -0.15) is 10.3 Å². The summed E-state index contributed by atoms with van der Waals surface area (Å²) < 4.78 is 5.07. The van der Waals surface area contributed by atoms with Crippen LogP contribution in [0.5, 0.6) is 0 Å². The Bertz CT molecular complexity index is 155. The molecule has 0 aromatic heterocycles. The van der Waals surface area contributed by atoms with Crippen LogP contribution in [0.1, 0.15) is 0 Å². The fourth-order valence-corrected chi connectivity index (χ4v) is 0.756. The lowest BCUT2D eigenvalue weighted by Gasteiger charge is -2.22. The normalized spacial score (nSPS) is 19.3. The summed E-state index contributed by atoms with van der Waals surface area (Å²) in [6, 6.07) is 0. The van der Waals surface area contributed by atoms with Gasteiger partial charge in [-0.15, -0.1) is 0 Å². The summed E-state index contributed by atoms with van der Waals surface area (Å²) in [5.74, 6) is 0. The maximum absolute atomic E-state index is 8.06. The van der Waals surface area contributed by atoms with Crippen LogP contribution in [-0.2, 0) is 4.74 Å². The summed E-state index contributed by atoms with van der Waals surface area (Å²) in [6.45, 7) is 2.97. The molecule has 0 spiro atoms. The smallest absolute Gasteiger partial charge is 0.207 e. The average Bonchev–Trinajstić information content (AvgIpc) is 2.03. The molecule has 0 amide bonds. The molecule has 53 valence electrons. The molecule has 0 aromatic rings. The number of rotatable bonds is 1. The molecule has 0 saturated carbocycles. The van der Waals surface area contributed by atoms with Gasteiger partial charge in [-0.3, -0.25) is 0 Å². The zero-order chi connectivity index (χ0) is 7.23.